The topological polar surface area (TPSA) is 76.0 Å². The molecule has 2 N–H and O–H groups in total. The summed E-state index contributed by atoms with van der Waals surface area (Å²) in [6.07, 6.45) is 2.98. The van der Waals surface area contributed by atoms with Crippen molar-refractivity contribution in [2.24, 2.45) is 0 Å². The molecule has 0 fully saturated rings. The Morgan fingerprint density at radius 3 is 2.58 bits per heavy atom. The number of hydrogen-bond donors (Lipinski definition) is 2. The summed E-state index contributed by atoms with van der Waals surface area (Å²) in [4.78, 5) is 22.9. The van der Waals surface area contributed by atoms with Gasteiger partial charge in [-0.3, -0.25) is 14.3 Å². The second-order valence-corrected chi connectivity index (χ2v) is 5.48. The summed E-state index contributed by atoms with van der Waals surface area (Å²) in [5.74, 6) is -1.86. The van der Waals surface area contributed by atoms with Gasteiger partial charge >= 0.3 is 0 Å². The molecule has 1 unspecified atom stereocenters. The number of aromatic nitrogens is 2. The van der Waals surface area contributed by atoms with Crippen LogP contribution >= 0.6 is 0 Å². The summed E-state index contributed by atoms with van der Waals surface area (Å²) in [5, 5.41) is 9.16. The molecule has 0 aliphatic rings. The van der Waals surface area contributed by atoms with E-state index in [-0.39, 0.29) is 30.3 Å². The summed E-state index contributed by atoms with van der Waals surface area (Å²) in [5.41, 5.74) is 0.425. The van der Waals surface area contributed by atoms with Crippen LogP contribution in [0.3, 0.4) is 0 Å². The van der Waals surface area contributed by atoms with Crippen LogP contribution in [0, 0.1) is 11.6 Å². The largest absolute Gasteiger partial charge is 0.352 e. The summed E-state index contributed by atoms with van der Waals surface area (Å²) in [7, 11) is 0. The third kappa shape index (κ3) is 4.87. The highest BCUT2D eigenvalue weighted by Gasteiger charge is 2.15. The van der Waals surface area contributed by atoms with Gasteiger partial charge in [0.1, 0.15) is 18.2 Å². The third-order valence-electron chi connectivity index (χ3n) is 3.24. The normalized spacial score (nSPS) is 11.8. The number of nitrogens with zero attached hydrogens (tertiary/aromatic N) is 2. The molecular weight excluding hydrogens is 318 g/mol. The van der Waals surface area contributed by atoms with Gasteiger partial charge in [0, 0.05) is 24.7 Å². The standard InChI is InChI=1S/C16H18F2N4O2/c1-10(6-13-14(17)4-3-5-15(13)18)20-16(24)9-22-8-12(7-19-22)21-11(2)23/h3-5,7-8,10H,6,9H2,1-2H3,(H,20,24)(H,21,23). The van der Waals surface area contributed by atoms with Crippen molar-refractivity contribution in [3.05, 3.63) is 47.8 Å². The van der Waals surface area contributed by atoms with Gasteiger partial charge in [-0.25, -0.2) is 8.78 Å². The molecule has 0 bridgehead atoms. The van der Waals surface area contributed by atoms with Crippen molar-refractivity contribution in [1.29, 1.82) is 0 Å². The number of benzene rings is 1. The van der Waals surface area contributed by atoms with Crippen LogP contribution < -0.4 is 10.6 Å². The van der Waals surface area contributed by atoms with E-state index in [0.717, 1.165) is 0 Å². The maximum absolute atomic E-state index is 13.6. The van der Waals surface area contributed by atoms with Crippen LogP contribution in [0.15, 0.2) is 30.6 Å². The Kier molecular flexibility index (Phi) is 5.62. The van der Waals surface area contributed by atoms with Gasteiger partial charge in [-0.1, -0.05) is 6.07 Å². The molecule has 0 saturated heterocycles. The number of carbonyl (C=O) groups is 2. The fourth-order valence-corrected chi connectivity index (χ4v) is 2.27. The number of anilines is 1. The number of hydrogen-bond acceptors (Lipinski definition) is 3. The van der Waals surface area contributed by atoms with Gasteiger partial charge in [-0.2, -0.15) is 5.10 Å². The van der Waals surface area contributed by atoms with E-state index < -0.39 is 17.7 Å². The highest BCUT2D eigenvalue weighted by molar-refractivity contribution is 5.88. The SMILES string of the molecule is CC(=O)Nc1cnn(CC(=O)NC(C)Cc2c(F)cccc2F)c1. The minimum Gasteiger partial charge on any atom is -0.352 e. The van der Waals surface area contributed by atoms with E-state index in [9.17, 15) is 18.4 Å². The highest BCUT2D eigenvalue weighted by Crippen LogP contribution is 2.14. The average molecular weight is 336 g/mol. The van der Waals surface area contributed by atoms with E-state index in [0.29, 0.717) is 5.69 Å². The molecule has 0 radical (unpaired) electrons. The number of carbonyl (C=O) groups excluding carboxylic acids is 2. The minimum atomic E-state index is -0.636. The zero-order chi connectivity index (χ0) is 17.7. The molecule has 128 valence electrons. The lowest BCUT2D eigenvalue weighted by Crippen LogP contribution is -2.36. The van der Waals surface area contributed by atoms with Crippen molar-refractivity contribution >= 4 is 17.5 Å². The van der Waals surface area contributed by atoms with Crippen molar-refractivity contribution in [2.45, 2.75) is 32.9 Å². The van der Waals surface area contributed by atoms with Crippen LogP contribution in [0.4, 0.5) is 14.5 Å². The quantitative estimate of drug-likeness (QED) is 0.845. The summed E-state index contributed by atoms with van der Waals surface area (Å²) in [6, 6.07) is 3.21. The molecular formula is C16H18F2N4O2. The minimum absolute atomic E-state index is 0.0422. The molecule has 2 rings (SSSR count). The average Bonchev–Trinajstić information content (AvgIpc) is 2.89. The Labute approximate surface area is 137 Å². The van der Waals surface area contributed by atoms with Gasteiger partial charge < -0.3 is 10.6 Å². The summed E-state index contributed by atoms with van der Waals surface area (Å²) >= 11 is 0. The van der Waals surface area contributed by atoms with Gasteiger partial charge in [0.2, 0.25) is 11.8 Å². The van der Waals surface area contributed by atoms with E-state index in [2.05, 4.69) is 15.7 Å². The van der Waals surface area contributed by atoms with E-state index >= 15 is 0 Å². The first-order chi connectivity index (χ1) is 11.3. The first kappa shape index (κ1) is 17.6. The number of nitrogens with one attached hydrogen (secondary N) is 2. The zero-order valence-electron chi connectivity index (χ0n) is 13.3. The van der Waals surface area contributed by atoms with Crippen LogP contribution in [0.5, 0.6) is 0 Å². The lowest BCUT2D eigenvalue weighted by atomic mass is 10.1. The molecule has 6 nitrogen and oxygen atoms in total. The van der Waals surface area contributed by atoms with Gasteiger partial charge in [0.05, 0.1) is 11.9 Å². The fraction of sp³-hybridized carbons (Fsp3) is 0.312. The number of amides is 2. The van der Waals surface area contributed by atoms with Crippen LogP contribution in [0.1, 0.15) is 19.4 Å². The predicted octanol–water partition coefficient (Wildman–Crippen LogP) is 1.87. The molecule has 8 heteroatoms. The van der Waals surface area contributed by atoms with Crippen LogP contribution in [0.2, 0.25) is 0 Å². The van der Waals surface area contributed by atoms with Gasteiger partial charge in [0.25, 0.3) is 0 Å². The first-order valence-corrected chi connectivity index (χ1v) is 7.37. The van der Waals surface area contributed by atoms with Crippen molar-refractivity contribution in [1.82, 2.24) is 15.1 Å². The highest BCUT2D eigenvalue weighted by atomic mass is 19.1. The fourth-order valence-electron chi connectivity index (χ4n) is 2.27. The van der Waals surface area contributed by atoms with Gasteiger partial charge in [-0.05, 0) is 25.5 Å². The lowest BCUT2D eigenvalue weighted by molar-refractivity contribution is -0.122. The first-order valence-electron chi connectivity index (χ1n) is 7.37. The number of rotatable bonds is 6. The van der Waals surface area contributed by atoms with E-state index in [1.54, 1.807) is 6.92 Å². The molecule has 0 spiro atoms. The monoisotopic (exact) mass is 336 g/mol. The zero-order valence-corrected chi connectivity index (χ0v) is 13.3. The third-order valence-corrected chi connectivity index (χ3v) is 3.24. The second-order valence-electron chi connectivity index (χ2n) is 5.48. The maximum atomic E-state index is 13.6. The van der Waals surface area contributed by atoms with Crippen molar-refractivity contribution in [2.75, 3.05) is 5.32 Å². The van der Waals surface area contributed by atoms with E-state index in [1.807, 2.05) is 0 Å². The van der Waals surface area contributed by atoms with Crippen molar-refractivity contribution in [3.8, 4) is 0 Å². The smallest absolute Gasteiger partial charge is 0.241 e. The Balaban J connectivity index is 1.90. The molecule has 1 heterocycles. The molecule has 0 aliphatic heterocycles. The summed E-state index contributed by atoms with van der Waals surface area (Å²) < 4.78 is 28.6. The molecule has 1 atom stereocenters. The Morgan fingerprint density at radius 1 is 1.29 bits per heavy atom. The van der Waals surface area contributed by atoms with Gasteiger partial charge in [-0.15, -0.1) is 0 Å². The predicted molar refractivity (Wildman–Crippen MR) is 84.2 cm³/mol. The maximum Gasteiger partial charge on any atom is 0.241 e. The van der Waals surface area contributed by atoms with E-state index in [4.69, 9.17) is 0 Å². The Hall–Kier alpha value is -2.77. The lowest BCUT2D eigenvalue weighted by Gasteiger charge is -2.15. The van der Waals surface area contributed by atoms with Crippen LogP contribution in [0.25, 0.3) is 0 Å². The van der Waals surface area contributed by atoms with E-state index in [1.165, 1.54) is 42.2 Å². The Morgan fingerprint density at radius 2 is 1.96 bits per heavy atom. The number of halogens is 2. The van der Waals surface area contributed by atoms with Crippen molar-refractivity contribution in [3.63, 3.8) is 0 Å². The van der Waals surface area contributed by atoms with Crippen LogP contribution in [-0.4, -0.2) is 27.6 Å². The molecule has 0 saturated carbocycles. The summed E-state index contributed by atoms with van der Waals surface area (Å²) in [6.45, 7) is 2.97. The molecule has 1 aromatic heterocycles. The molecule has 24 heavy (non-hydrogen) atoms. The molecule has 1 aromatic carbocycles. The molecule has 2 aromatic rings. The van der Waals surface area contributed by atoms with Crippen LogP contribution in [-0.2, 0) is 22.6 Å². The van der Waals surface area contributed by atoms with Gasteiger partial charge in [0.15, 0.2) is 0 Å². The molecule has 2 amide bonds. The van der Waals surface area contributed by atoms with Crippen molar-refractivity contribution < 1.29 is 18.4 Å². The second kappa shape index (κ2) is 7.67. The molecule has 0 aliphatic carbocycles. The Bertz CT molecular complexity index is 725.